The van der Waals surface area contributed by atoms with Gasteiger partial charge < -0.3 is 4.74 Å². The van der Waals surface area contributed by atoms with E-state index in [0.29, 0.717) is 0 Å². The standard InChI is InChI=1S/C10H13BrFNO3S/c1-7(6-16-2)13-17(14,15)8-3-4-10(12)9(11)5-8/h3-5,7,13H,6H2,1-2H3/t7-/m1/s1. The zero-order valence-electron chi connectivity index (χ0n) is 9.41. The van der Waals surface area contributed by atoms with Gasteiger partial charge in [0.2, 0.25) is 10.0 Å². The fourth-order valence-corrected chi connectivity index (χ4v) is 3.05. The van der Waals surface area contributed by atoms with E-state index in [9.17, 15) is 12.8 Å². The van der Waals surface area contributed by atoms with Gasteiger partial charge in [0.05, 0.1) is 16.0 Å². The van der Waals surface area contributed by atoms with Crippen LogP contribution in [0, 0.1) is 5.82 Å². The van der Waals surface area contributed by atoms with Crippen LogP contribution in [0.25, 0.3) is 0 Å². The lowest BCUT2D eigenvalue weighted by molar-refractivity contribution is 0.180. The van der Waals surface area contributed by atoms with Gasteiger partial charge in [0, 0.05) is 13.2 Å². The third-order valence-electron chi connectivity index (χ3n) is 1.97. The molecular formula is C10H13BrFNO3S. The summed E-state index contributed by atoms with van der Waals surface area (Å²) in [5.41, 5.74) is 0. The second-order valence-corrected chi connectivity index (χ2v) is 6.12. The molecule has 4 nitrogen and oxygen atoms in total. The summed E-state index contributed by atoms with van der Waals surface area (Å²) in [5.74, 6) is -0.506. The molecule has 0 aliphatic carbocycles. The number of methoxy groups -OCH3 is 1. The van der Waals surface area contributed by atoms with E-state index in [4.69, 9.17) is 4.74 Å². The number of hydrogen-bond acceptors (Lipinski definition) is 3. The number of ether oxygens (including phenoxy) is 1. The fourth-order valence-electron chi connectivity index (χ4n) is 1.26. The Hall–Kier alpha value is -0.500. The third-order valence-corrected chi connectivity index (χ3v) is 4.17. The summed E-state index contributed by atoms with van der Waals surface area (Å²) in [6.45, 7) is 1.95. The van der Waals surface area contributed by atoms with E-state index < -0.39 is 15.8 Å². The summed E-state index contributed by atoms with van der Waals surface area (Å²) in [5, 5.41) is 0. The van der Waals surface area contributed by atoms with E-state index in [-0.39, 0.29) is 22.0 Å². The normalized spacial score (nSPS) is 13.6. The summed E-state index contributed by atoms with van der Waals surface area (Å²) in [4.78, 5) is 0.00808. The Morgan fingerprint density at radius 1 is 1.53 bits per heavy atom. The summed E-state index contributed by atoms with van der Waals surface area (Å²) in [6, 6.07) is 3.17. The molecule has 0 saturated heterocycles. The van der Waals surface area contributed by atoms with E-state index in [2.05, 4.69) is 20.7 Å². The van der Waals surface area contributed by atoms with Gasteiger partial charge >= 0.3 is 0 Å². The Morgan fingerprint density at radius 3 is 2.71 bits per heavy atom. The van der Waals surface area contributed by atoms with Crippen molar-refractivity contribution in [1.29, 1.82) is 0 Å². The second kappa shape index (κ2) is 5.90. The van der Waals surface area contributed by atoms with Gasteiger partial charge in [-0.15, -0.1) is 0 Å². The maximum Gasteiger partial charge on any atom is 0.240 e. The predicted octanol–water partition coefficient (Wildman–Crippen LogP) is 1.90. The largest absolute Gasteiger partial charge is 0.383 e. The van der Waals surface area contributed by atoms with Gasteiger partial charge in [0.1, 0.15) is 5.82 Å². The number of hydrogen-bond donors (Lipinski definition) is 1. The Labute approximate surface area is 108 Å². The van der Waals surface area contributed by atoms with Crippen molar-refractivity contribution in [1.82, 2.24) is 4.72 Å². The zero-order valence-corrected chi connectivity index (χ0v) is 11.8. The molecule has 0 saturated carbocycles. The van der Waals surface area contributed by atoms with Gasteiger partial charge in [-0.1, -0.05) is 0 Å². The van der Waals surface area contributed by atoms with Crippen LogP contribution in [0.3, 0.4) is 0 Å². The van der Waals surface area contributed by atoms with Crippen LogP contribution in [0.2, 0.25) is 0 Å². The minimum atomic E-state index is -3.65. The smallest absolute Gasteiger partial charge is 0.240 e. The summed E-state index contributed by atoms with van der Waals surface area (Å²) in [6.07, 6.45) is 0. The van der Waals surface area contributed by atoms with Crippen LogP contribution < -0.4 is 4.72 Å². The van der Waals surface area contributed by atoms with Crippen LogP contribution in [0.15, 0.2) is 27.6 Å². The van der Waals surface area contributed by atoms with E-state index in [1.165, 1.54) is 19.2 Å². The van der Waals surface area contributed by atoms with E-state index in [0.717, 1.165) is 6.07 Å². The predicted molar refractivity (Wildman–Crippen MR) is 65.8 cm³/mol. The molecule has 0 aliphatic heterocycles. The van der Waals surface area contributed by atoms with Crippen LogP contribution in [-0.4, -0.2) is 28.2 Å². The monoisotopic (exact) mass is 325 g/mol. The van der Waals surface area contributed by atoms with Crippen molar-refractivity contribution in [2.24, 2.45) is 0 Å². The minimum Gasteiger partial charge on any atom is -0.383 e. The highest BCUT2D eigenvalue weighted by molar-refractivity contribution is 9.10. The Morgan fingerprint density at radius 2 is 2.18 bits per heavy atom. The number of benzene rings is 1. The topological polar surface area (TPSA) is 55.4 Å². The van der Waals surface area contributed by atoms with Crippen LogP contribution in [0.1, 0.15) is 6.92 Å². The maximum absolute atomic E-state index is 13.0. The highest BCUT2D eigenvalue weighted by Crippen LogP contribution is 2.20. The first-order valence-electron chi connectivity index (χ1n) is 4.83. The molecule has 0 bridgehead atoms. The molecular weight excluding hydrogens is 313 g/mol. The fraction of sp³-hybridized carbons (Fsp3) is 0.400. The molecule has 0 aliphatic rings. The maximum atomic E-state index is 13.0. The highest BCUT2D eigenvalue weighted by Gasteiger charge is 2.18. The SMILES string of the molecule is COC[C@@H](C)NS(=O)(=O)c1ccc(F)c(Br)c1. The van der Waals surface area contributed by atoms with E-state index in [1.54, 1.807) is 6.92 Å². The molecule has 1 aromatic rings. The van der Waals surface area contributed by atoms with Gasteiger partial charge in [0.25, 0.3) is 0 Å². The molecule has 0 fully saturated rings. The van der Waals surface area contributed by atoms with Crippen LogP contribution in [0.5, 0.6) is 0 Å². The van der Waals surface area contributed by atoms with E-state index in [1.807, 2.05) is 0 Å². The molecule has 96 valence electrons. The Balaban J connectivity index is 2.93. The number of sulfonamides is 1. The molecule has 1 N–H and O–H groups in total. The van der Waals surface area contributed by atoms with Crippen LogP contribution in [-0.2, 0) is 14.8 Å². The molecule has 1 rings (SSSR count). The van der Waals surface area contributed by atoms with Crippen molar-refractivity contribution < 1.29 is 17.5 Å². The highest BCUT2D eigenvalue weighted by atomic mass is 79.9. The third kappa shape index (κ3) is 4.02. The van der Waals surface area contributed by atoms with Crippen molar-refractivity contribution >= 4 is 26.0 Å². The number of nitrogens with one attached hydrogen (secondary N) is 1. The Bertz CT molecular complexity index is 492. The minimum absolute atomic E-state index is 0.00808. The number of rotatable bonds is 5. The molecule has 0 unspecified atom stereocenters. The van der Waals surface area contributed by atoms with E-state index >= 15 is 0 Å². The average Bonchev–Trinajstić information content (AvgIpc) is 2.21. The summed E-state index contributed by atoms with van der Waals surface area (Å²) in [7, 11) is -2.16. The molecule has 17 heavy (non-hydrogen) atoms. The van der Waals surface area contributed by atoms with Crippen molar-refractivity contribution in [2.75, 3.05) is 13.7 Å². The molecule has 0 radical (unpaired) electrons. The molecule has 0 aromatic heterocycles. The van der Waals surface area contributed by atoms with Crippen molar-refractivity contribution in [3.63, 3.8) is 0 Å². The lowest BCUT2D eigenvalue weighted by atomic mass is 10.3. The molecule has 0 spiro atoms. The quantitative estimate of drug-likeness (QED) is 0.899. The molecule has 1 aromatic carbocycles. The lowest BCUT2D eigenvalue weighted by Gasteiger charge is -2.13. The van der Waals surface area contributed by atoms with Gasteiger partial charge in [0.15, 0.2) is 0 Å². The molecule has 0 heterocycles. The lowest BCUT2D eigenvalue weighted by Crippen LogP contribution is -2.35. The first kappa shape index (κ1) is 14.6. The summed E-state index contributed by atoms with van der Waals surface area (Å²) < 4.78 is 44.1. The molecule has 1 atom stereocenters. The van der Waals surface area contributed by atoms with Gasteiger partial charge in [-0.2, -0.15) is 0 Å². The zero-order chi connectivity index (χ0) is 13.1. The van der Waals surface area contributed by atoms with Gasteiger partial charge in [-0.05, 0) is 41.1 Å². The van der Waals surface area contributed by atoms with Crippen molar-refractivity contribution in [3.8, 4) is 0 Å². The van der Waals surface area contributed by atoms with Crippen LogP contribution in [0.4, 0.5) is 4.39 Å². The first-order valence-corrected chi connectivity index (χ1v) is 7.10. The summed E-state index contributed by atoms with van der Waals surface area (Å²) >= 11 is 2.94. The molecule has 0 amide bonds. The van der Waals surface area contributed by atoms with Gasteiger partial charge in [-0.3, -0.25) is 0 Å². The second-order valence-electron chi connectivity index (χ2n) is 3.55. The molecule has 7 heteroatoms. The number of halogens is 2. The van der Waals surface area contributed by atoms with Crippen LogP contribution >= 0.6 is 15.9 Å². The first-order chi connectivity index (χ1) is 7.86. The van der Waals surface area contributed by atoms with Crippen molar-refractivity contribution in [2.45, 2.75) is 17.9 Å². The Kier molecular flexibility index (Phi) is 5.05. The average molecular weight is 326 g/mol. The van der Waals surface area contributed by atoms with Gasteiger partial charge in [-0.25, -0.2) is 17.5 Å². The van der Waals surface area contributed by atoms with Crippen molar-refractivity contribution in [3.05, 3.63) is 28.5 Å².